The molecule has 8 heteroatoms. The molecule has 1 aliphatic heterocycles. The third-order valence-electron chi connectivity index (χ3n) is 5.66. The van der Waals surface area contributed by atoms with Crippen molar-refractivity contribution in [3.63, 3.8) is 0 Å². The van der Waals surface area contributed by atoms with Gasteiger partial charge in [-0.05, 0) is 49.4 Å². The topological polar surface area (TPSA) is 69.0 Å². The molecule has 166 valence electrons. The Kier molecular flexibility index (Phi) is 5.66. The van der Waals surface area contributed by atoms with Crippen LogP contribution in [0.15, 0.2) is 67.1 Å². The second kappa shape index (κ2) is 8.91. The first-order valence-electron chi connectivity index (χ1n) is 10.7. The van der Waals surface area contributed by atoms with E-state index in [2.05, 4.69) is 33.1 Å². The zero-order chi connectivity index (χ0) is 22.8. The average Bonchev–Trinajstić information content (AvgIpc) is 3.35. The van der Waals surface area contributed by atoms with Gasteiger partial charge in [0.05, 0.1) is 30.3 Å². The second-order valence-corrected chi connectivity index (χ2v) is 7.88. The van der Waals surface area contributed by atoms with Crippen LogP contribution in [0.1, 0.15) is 12.1 Å². The van der Waals surface area contributed by atoms with Gasteiger partial charge in [0.1, 0.15) is 11.6 Å². The summed E-state index contributed by atoms with van der Waals surface area (Å²) < 4.78 is 21.5. The van der Waals surface area contributed by atoms with Crippen LogP contribution in [0.4, 0.5) is 4.39 Å². The summed E-state index contributed by atoms with van der Waals surface area (Å²) in [5, 5.41) is 4.48. The Morgan fingerprint density at radius 1 is 1.03 bits per heavy atom. The van der Waals surface area contributed by atoms with Crippen molar-refractivity contribution in [1.82, 2.24) is 29.6 Å². The lowest BCUT2D eigenvalue weighted by Crippen LogP contribution is -2.23. The lowest BCUT2D eigenvalue weighted by atomic mass is 10.0. The maximum absolute atomic E-state index is 14.5. The van der Waals surface area contributed by atoms with Crippen molar-refractivity contribution < 1.29 is 9.13 Å². The van der Waals surface area contributed by atoms with Crippen molar-refractivity contribution in [1.29, 1.82) is 0 Å². The van der Waals surface area contributed by atoms with Crippen molar-refractivity contribution in [2.45, 2.75) is 6.42 Å². The smallest absolute Gasteiger partial charge is 0.166 e. The summed E-state index contributed by atoms with van der Waals surface area (Å²) in [6, 6.07) is 12.4. The van der Waals surface area contributed by atoms with Crippen LogP contribution in [0.3, 0.4) is 0 Å². The van der Waals surface area contributed by atoms with E-state index < -0.39 is 5.82 Å². The predicted molar refractivity (Wildman–Crippen MR) is 124 cm³/mol. The molecule has 7 nitrogen and oxygen atoms in total. The fraction of sp³-hybridized carbons (Fsp3) is 0.200. The molecule has 0 amide bonds. The highest BCUT2D eigenvalue weighted by atomic mass is 19.1. The summed E-state index contributed by atoms with van der Waals surface area (Å²) in [5.74, 6) is 0.923. The van der Waals surface area contributed by atoms with Gasteiger partial charge in [-0.25, -0.2) is 24.0 Å². The Bertz CT molecular complexity index is 1330. The minimum atomic E-state index is -0.438. The van der Waals surface area contributed by atoms with E-state index in [1.54, 1.807) is 35.3 Å². The van der Waals surface area contributed by atoms with Gasteiger partial charge < -0.3 is 9.64 Å². The summed E-state index contributed by atoms with van der Waals surface area (Å²) in [6.07, 6.45) is 8.38. The Hall–Kier alpha value is -3.91. The van der Waals surface area contributed by atoms with Gasteiger partial charge in [-0.2, -0.15) is 5.10 Å². The number of hydrogen-bond donors (Lipinski definition) is 0. The highest BCUT2D eigenvalue weighted by molar-refractivity contribution is 5.68. The Morgan fingerprint density at radius 2 is 1.91 bits per heavy atom. The molecule has 1 aromatic carbocycles. The van der Waals surface area contributed by atoms with Crippen molar-refractivity contribution in [2.75, 3.05) is 27.2 Å². The van der Waals surface area contributed by atoms with E-state index in [0.29, 0.717) is 11.4 Å². The molecule has 4 aromatic rings. The van der Waals surface area contributed by atoms with E-state index in [4.69, 9.17) is 9.72 Å². The number of likely N-dealkylation sites (N-methyl/N-ethyl adjacent to an activating group) is 1. The van der Waals surface area contributed by atoms with Gasteiger partial charge >= 0.3 is 0 Å². The lowest BCUT2D eigenvalue weighted by molar-refractivity contribution is 0.369. The maximum atomic E-state index is 14.5. The van der Waals surface area contributed by atoms with E-state index in [9.17, 15) is 4.39 Å². The van der Waals surface area contributed by atoms with Gasteiger partial charge in [0.2, 0.25) is 0 Å². The van der Waals surface area contributed by atoms with Crippen LogP contribution in [0.5, 0.6) is 5.75 Å². The molecule has 33 heavy (non-hydrogen) atoms. The Balaban J connectivity index is 1.46. The SMILES string of the molecule is COc1cccc(F)c1-c1nccc(-c2cnn(-c3cccc(C4=CCN(C)CC4)n3)c2)n1. The van der Waals surface area contributed by atoms with E-state index in [1.165, 1.54) is 18.7 Å². The summed E-state index contributed by atoms with van der Waals surface area (Å²) in [4.78, 5) is 15.9. The highest BCUT2D eigenvalue weighted by Crippen LogP contribution is 2.31. The van der Waals surface area contributed by atoms with Crippen LogP contribution in [-0.2, 0) is 0 Å². The van der Waals surface area contributed by atoms with E-state index in [1.807, 2.05) is 24.4 Å². The molecular formula is C25H23FN6O. The van der Waals surface area contributed by atoms with E-state index in [-0.39, 0.29) is 11.4 Å². The molecule has 0 N–H and O–H groups in total. The number of aromatic nitrogens is 5. The Morgan fingerprint density at radius 3 is 2.73 bits per heavy atom. The molecule has 5 rings (SSSR count). The number of ether oxygens (including phenoxy) is 1. The van der Waals surface area contributed by atoms with Crippen LogP contribution < -0.4 is 4.74 Å². The van der Waals surface area contributed by atoms with Crippen LogP contribution in [0.25, 0.3) is 34.0 Å². The Labute approximate surface area is 191 Å². The number of hydrogen-bond acceptors (Lipinski definition) is 6. The molecule has 3 aromatic heterocycles. The van der Waals surface area contributed by atoms with E-state index >= 15 is 0 Å². The molecule has 1 aliphatic rings. The molecule has 0 radical (unpaired) electrons. The van der Waals surface area contributed by atoms with Gasteiger partial charge in [-0.15, -0.1) is 0 Å². The third kappa shape index (κ3) is 4.25. The standard InChI is InChI=1S/C25H23FN6O/c1-31-13-10-17(11-14-31)20-6-4-8-23(29-20)32-16-18(15-28-32)21-9-12-27-25(30-21)24-19(26)5-3-7-22(24)33-2/h3-10,12,15-16H,11,13-14H2,1-2H3. The quantitative estimate of drug-likeness (QED) is 0.460. The van der Waals surface area contributed by atoms with Crippen LogP contribution in [0.2, 0.25) is 0 Å². The molecule has 0 fully saturated rings. The summed E-state index contributed by atoms with van der Waals surface area (Å²) in [5.41, 5.74) is 3.86. The highest BCUT2D eigenvalue weighted by Gasteiger charge is 2.16. The van der Waals surface area contributed by atoms with Gasteiger partial charge in [0.25, 0.3) is 0 Å². The lowest BCUT2D eigenvalue weighted by Gasteiger charge is -2.21. The van der Waals surface area contributed by atoms with Crippen molar-refractivity contribution in [3.05, 3.63) is 78.6 Å². The molecule has 0 bridgehead atoms. The van der Waals surface area contributed by atoms with Crippen LogP contribution in [-0.4, -0.2) is 56.9 Å². The average molecular weight is 442 g/mol. The summed E-state index contributed by atoms with van der Waals surface area (Å²) in [7, 11) is 3.61. The number of methoxy groups -OCH3 is 1. The minimum Gasteiger partial charge on any atom is -0.496 e. The predicted octanol–water partition coefficient (Wildman–Crippen LogP) is 4.26. The summed E-state index contributed by atoms with van der Waals surface area (Å²) >= 11 is 0. The largest absolute Gasteiger partial charge is 0.496 e. The number of benzene rings is 1. The molecule has 4 heterocycles. The second-order valence-electron chi connectivity index (χ2n) is 7.88. The fourth-order valence-corrected chi connectivity index (χ4v) is 3.84. The van der Waals surface area contributed by atoms with Gasteiger partial charge in [-0.3, -0.25) is 0 Å². The van der Waals surface area contributed by atoms with E-state index in [0.717, 1.165) is 36.6 Å². The van der Waals surface area contributed by atoms with Crippen LogP contribution in [0, 0.1) is 5.82 Å². The van der Waals surface area contributed by atoms with Crippen molar-refractivity contribution in [2.24, 2.45) is 0 Å². The van der Waals surface area contributed by atoms with Crippen LogP contribution >= 0.6 is 0 Å². The summed E-state index contributed by atoms with van der Waals surface area (Å²) in [6.45, 7) is 1.95. The number of halogens is 1. The van der Waals surface area contributed by atoms with Crippen molar-refractivity contribution in [3.8, 4) is 34.2 Å². The van der Waals surface area contributed by atoms with Gasteiger partial charge in [0.15, 0.2) is 11.6 Å². The molecule has 0 atom stereocenters. The normalized spacial score (nSPS) is 14.2. The first-order chi connectivity index (χ1) is 16.1. The molecule has 0 unspecified atom stereocenters. The monoisotopic (exact) mass is 442 g/mol. The molecule has 0 aliphatic carbocycles. The zero-order valence-corrected chi connectivity index (χ0v) is 18.4. The molecular weight excluding hydrogens is 419 g/mol. The molecule has 0 spiro atoms. The minimum absolute atomic E-state index is 0.231. The van der Waals surface area contributed by atoms with Crippen molar-refractivity contribution >= 4 is 5.57 Å². The number of rotatable bonds is 5. The zero-order valence-electron chi connectivity index (χ0n) is 18.4. The van der Waals surface area contributed by atoms with Gasteiger partial charge in [-0.1, -0.05) is 18.2 Å². The molecule has 0 saturated carbocycles. The first-order valence-corrected chi connectivity index (χ1v) is 10.7. The number of nitrogens with zero attached hydrogens (tertiary/aromatic N) is 6. The third-order valence-corrected chi connectivity index (χ3v) is 5.66. The number of pyridine rings is 1. The van der Waals surface area contributed by atoms with Gasteiger partial charge in [0, 0.05) is 31.0 Å². The molecule has 0 saturated heterocycles. The fourth-order valence-electron chi connectivity index (χ4n) is 3.84. The first kappa shape index (κ1) is 21.0. The maximum Gasteiger partial charge on any atom is 0.166 e.